The minimum absolute atomic E-state index is 0.172. The maximum absolute atomic E-state index is 12.7. The SMILES string of the molecule is O=C(O)[C@@H]1[C@@H](c2ccc(Br)cc2)[C@H]1S(=O)(=O)c1ccccc1. The number of hydrogen-bond acceptors (Lipinski definition) is 3. The highest BCUT2D eigenvalue weighted by molar-refractivity contribution is 9.10. The molecule has 2 aromatic carbocycles. The van der Waals surface area contributed by atoms with Gasteiger partial charge in [-0.15, -0.1) is 0 Å². The Balaban J connectivity index is 1.99. The molecule has 4 nitrogen and oxygen atoms in total. The lowest BCUT2D eigenvalue weighted by molar-refractivity contribution is -0.138. The fraction of sp³-hybridized carbons (Fsp3) is 0.188. The maximum atomic E-state index is 12.7. The number of hydrogen-bond donors (Lipinski definition) is 1. The molecule has 0 heterocycles. The van der Waals surface area contributed by atoms with Crippen molar-refractivity contribution in [2.75, 3.05) is 0 Å². The summed E-state index contributed by atoms with van der Waals surface area (Å²) in [5, 5.41) is 8.44. The van der Waals surface area contributed by atoms with Crippen LogP contribution in [0.25, 0.3) is 0 Å². The summed E-state index contributed by atoms with van der Waals surface area (Å²) in [5.41, 5.74) is 0.736. The first-order valence-electron chi connectivity index (χ1n) is 6.70. The van der Waals surface area contributed by atoms with Crippen LogP contribution in [-0.4, -0.2) is 24.7 Å². The van der Waals surface area contributed by atoms with Gasteiger partial charge in [0.05, 0.1) is 16.1 Å². The summed E-state index contributed by atoms with van der Waals surface area (Å²) in [6.45, 7) is 0. The molecule has 2 aromatic rings. The third kappa shape index (κ3) is 2.57. The molecule has 0 saturated heterocycles. The predicted molar refractivity (Wildman–Crippen MR) is 85.4 cm³/mol. The van der Waals surface area contributed by atoms with Crippen LogP contribution in [0.2, 0.25) is 0 Å². The van der Waals surface area contributed by atoms with Crippen LogP contribution in [0, 0.1) is 5.92 Å². The van der Waals surface area contributed by atoms with Gasteiger partial charge in [0.2, 0.25) is 0 Å². The molecule has 22 heavy (non-hydrogen) atoms. The number of benzene rings is 2. The molecule has 6 heteroatoms. The molecule has 0 spiro atoms. The van der Waals surface area contributed by atoms with Gasteiger partial charge < -0.3 is 5.11 Å². The summed E-state index contributed by atoms with van der Waals surface area (Å²) in [4.78, 5) is 11.6. The fourth-order valence-corrected chi connectivity index (χ4v) is 5.22. The quantitative estimate of drug-likeness (QED) is 0.884. The Kier molecular flexibility index (Phi) is 3.82. The molecule has 0 radical (unpaired) electrons. The van der Waals surface area contributed by atoms with Crippen molar-refractivity contribution < 1.29 is 18.3 Å². The molecule has 3 atom stereocenters. The molecule has 1 N–H and O–H groups in total. The van der Waals surface area contributed by atoms with Crippen molar-refractivity contribution in [3.63, 3.8) is 0 Å². The zero-order chi connectivity index (χ0) is 15.9. The van der Waals surface area contributed by atoms with Crippen molar-refractivity contribution in [3.8, 4) is 0 Å². The summed E-state index contributed by atoms with van der Waals surface area (Å²) in [6, 6.07) is 15.1. The number of rotatable bonds is 4. The van der Waals surface area contributed by atoms with Gasteiger partial charge >= 0.3 is 5.97 Å². The first-order chi connectivity index (χ1) is 10.4. The molecule has 1 aliphatic carbocycles. The van der Waals surface area contributed by atoms with E-state index in [2.05, 4.69) is 15.9 Å². The highest BCUT2D eigenvalue weighted by Crippen LogP contribution is 2.54. The average molecular weight is 381 g/mol. The molecule has 0 unspecified atom stereocenters. The van der Waals surface area contributed by atoms with Gasteiger partial charge in [0.1, 0.15) is 0 Å². The van der Waals surface area contributed by atoms with E-state index >= 15 is 0 Å². The highest BCUT2D eigenvalue weighted by Gasteiger charge is 2.63. The summed E-state index contributed by atoms with van der Waals surface area (Å²) in [5.74, 6) is -2.47. The molecule has 0 aromatic heterocycles. The molecule has 1 fully saturated rings. The van der Waals surface area contributed by atoms with E-state index in [9.17, 15) is 18.3 Å². The number of carboxylic acid groups (broad SMARTS) is 1. The van der Waals surface area contributed by atoms with Crippen LogP contribution in [0.5, 0.6) is 0 Å². The first kappa shape index (κ1) is 15.2. The molecule has 0 amide bonds. The van der Waals surface area contributed by atoms with Crippen molar-refractivity contribution in [3.05, 3.63) is 64.6 Å². The van der Waals surface area contributed by atoms with Crippen LogP contribution < -0.4 is 0 Å². The lowest BCUT2D eigenvalue weighted by atomic mass is 10.1. The zero-order valence-corrected chi connectivity index (χ0v) is 13.8. The van der Waals surface area contributed by atoms with Crippen molar-refractivity contribution in [2.24, 2.45) is 5.92 Å². The number of aliphatic carboxylic acids is 1. The first-order valence-corrected chi connectivity index (χ1v) is 9.04. The molecule has 1 aliphatic rings. The molecular formula is C16H13BrO4S. The van der Waals surface area contributed by atoms with Crippen LogP contribution in [0.4, 0.5) is 0 Å². The van der Waals surface area contributed by atoms with Crippen LogP contribution >= 0.6 is 15.9 Å². The Hall–Kier alpha value is -1.66. The largest absolute Gasteiger partial charge is 0.481 e. The molecular weight excluding hydrogens is 368 g/mol. The van der Waals surface area contributed by atoms with Gasteiger partial charge in [0, 0.05) is 10.4 Å². The van der Waals surface area contributed by atoms with Gasteiger partial charge in [-0.25, -0.2) is 8.42 Å². The normalized spacial score (nSPS) is 24.0. The van der Waals surface area contributed by atoms with E-state index in [-0.39, 0.29) is 4.90 Å². The molecule has 0 aliphatic heterocycles. The second kappa shape index (κ2) is 5.52. The van der Waals surface area contributed by atoms with Gasteiger partial charge in [-0.2, -0.15) is 0 Å². The van der Waals surface area contributed by atoms with Crippen molar-refractivity contribution in [2.45, 2.75) is 16.1 Å². The number of carboxylic acids is 1. The van der Waals surface area contributed by atoms with E-state index < -0.39 is 32.9 Å². The van der Waals surface area contributed by atoms with Crippen LogP contribution in [0.1, 0.15) is 11.5 Å². The monoisotopic (exact) mass is 380 g/mol. The Morgan fingerprint density at radius 2 is 1.59 bits per heavy atom. The lowest BCUT2D eigenvalue weighted by Gasteiger charge is -2.04. The van der Waals surface area contributed by atoms with Gasteiger partial charge in [-0.1, -0.05) is 46.3 Å². The standard InChI is InChI=1S/C16H13BrO4S/c17-11-8-6-10(7-9-11)13-14(16(18)19)15(13)22(20,21)12-4-2-1-3-5-12/h1-9,13-15H,(H,18,19)/t13-,14-,15-/m1/s1. The topological polar surface area (TPSA) is 71.4 Å². The fourth-order valence-electron chi connectivity index (χ4n) is 2.81. The third-order valence-corrected chi connectivity index (χ3v) is 6.68. The van der Waals surface area contributed by atoms with E-state index in [0.717, 1.165) is 10.0 Å². The third-order valence-electron chi connectivity index (χ3n) is 3.92. The smallest absolute Gasteiger partial charge is 0.308 e. The number of halogens is 1. The summed E-state index contributed by atoms with van der Waals surface area (Å²) in [6.07, 6.45) is 0. The second-order valence-electron chi connectivity index (χ2n) is 5.26. The van der Waals surface area contributed by atoms with Gasteiger partial charge in [-0.05, 0) is 29.8 Å². The number of sulfone groups is 1. The highest BCUT2D eigenvalue weighted by atomic mass is 79.9. The van der Waals surface area contributed by atoms with E-state index in [0.29, 0.717) is 0 Å². The summed E-state index contributed by atoms with van der Waals surface area (Å²) in [7, 11) is -3.66. The van der Waals surface area contributed by atoms with Gasteiger partial charge in [0.15, 0.2) is 9.84 Å². The minimum Gasteiger partial charge on any atom is -0.481 e. The molecule has 114 valence electrons. The van der Waals surface area contributed by atoms with E-state index in [1.807, 2.05) is 0 Å². The Labute approximate surface area is 136 Å². The van der Waals surface area contributed by atoms with Crippen LogP contribution in [-0.2, 0) is 14.6 Å². The predicted octanol–water partition coefficient (Wildman–Crippen LogP) is 3.09. The maximum Gasteiger partial charge on any atom is 0.308 e. The van der Waals surface area contributed by atoms with Gasteiger partial charge in [-0.3, -0.25) is 4.79 Å². The van der Waals surface area contributed by atoms with E-state index in [4.69, 9.17) is 0 Å². The molecule has 3 rings (SSSR count). The van der Waals surface area contributed by atoms with Crippen molar-refractivity contribution in [1.82, 2.24) is 0 Å². The van der Waals surface area contributed by atoms with E-state index in [1.54, 1.807) is 42.5 Å². The summed E-state index contributed by atoms with van der Waals surface area (Å²) < 4.78 is 26.2. The Bertz CT molecular complexity index is 800. The van der Waals surface area contributed by atoms with Crippen LogP contribution in [0.15, 0.2) is 64.0 Å². The van der Waals surface area contributed by atoms with Crippen LogP contribution in [0.3, 0.4) is 0 Å². The van der Waals surface area contributed by atoms with Crippen molar-refractivity contribution in [1.29, 1.82) is 0 Å². The second-order valence-corrected chi connectivity index (χ2v) is 8.29. The van der Waals surface area contributed by atoms with Crippen molar-refractivity contribution >= 4 is 31.7 Å². The number of carbonyl (C=O) groups is 1. The Morgan fingerprint density at radius 3 is 2.14 bits per heavy atom. The zero-order valence-electron chi connectivity index (χ0n) is 11.4. The molecule has 1 saturated carbocycles. The minimum atomic E-state index is -3.66. The lowest BCUT2D eigenvalue weighted by Crippen LogP contribution is -2.13. The van der Waals surface area contributed by atoms with E-state index in [1.165, 1.54) is 12.1 Å². The Morgan fingerprint density at radius 1 is 1.00 bits per heavy atom. The van der Waals surface area contributed by atoms with Gasteiger partial charge in [0.25, 0.3) is 0 Å². The molecule has 0 bridgehead atoms. The average Bonchev–Trinajstić information content (AvgIpc) is 3.25. The summed E-state index contributed by atoms with van der Waals surface area (Å²) >= 11 is 3.32.